The van der Waals surface area contributed by atoms with Gasteiger partial charge in [-0.3, -0.25) is 9.59 Å². The highest BCUT2D eigenvalue weighted by molar-refractivity contribution is 6.23. The first kappa shape index (κ1) is 22.2. The minimum atomic E-state index is -4.79. The van der Waals surface area contributed by atoms with E-state index < -0.39 is 58.3 Å². The predicted molar refractivity (Wildman–Crippen MR) is 100 cm³/mol. The number of ether oxygens (including phenoxy) is 2. The fourth-order valence-electron chi connectivity index (χ4n) is 5.07. The average molecular weight is 424 g/mol. The van der Waals surface area contributed by atoms with Crippen LogP contribution in [-0.4, -0.2) is 36.2 Å². The van der Waals surface area contributed by atoms with Crippen molar-refractivity contribution in [3.8, 4) is 6.07 Å². The highest BCUT2D eigenvalue weighted by atomic mass is 19.4. The number of rotatable bonds is 2. The second kappa shape index (κ2) is 7.06. The zero-order valence-electron chi connectivity index (χ0n) is 17.3. The van der Waals surface area contributed by atoms with Crippen molar-refractivity contribution in [2.75, 3.05) is 12.0 Å². The number of carbonyl (C=O) groups excluding carboxylic acids is 2. The number of benzene rings is 1. The third-order valence-corrected chi connectivity index (χ3v) is 6.24. The van der Waals surface area contributed by atoms with Crippen LogP contribution in [0.5, 0.6) is 0 Å². The van der Waals surface area contributed by atoms with E-state index in [0.29, 0.717) is 12.5 Å². The van der Waals surface area contributed by atoms with Crippen molar-refractivity contribution in [3.63, 3.8) is 0 Å². The van der Waals surface area contributed by atoms with Crippen LogP contribution in [-0.2, 0) is 25.2 Å². The molecule has 5 atom stereocenters. The van der Waals surface area contributed by atoms with E-state index in [1.54, 1.807) is 13.8 Å². The van der Waals surface area contributed by atoms with Gasteiger partial charge < -0.3 is 9.47 Å². The normalized spacial score (nSPS) is 34.5. The molecule has 0 N–H and O–H groups in total. The Labute approximate surface area is 172 Å². The lowest BCUT2D eigenvalue weighted by Gasteiger charge is -2.34. The lowest BCUT2D eigenvalue weighted by Crippen LogP contribution is -2.49. The molecule has 30 heavy (non-hydrogen) atoms. The standard InChI is InChI=1S/C19H17F3N2O4.C2H6/c1-17-7-12(27-3)18(2,28-17)14-13(17)15(25)24(16(14)26)10-5-4-9(8-23)11(6-10)19(20,21)22;1-2/h4-6,12-14H,7H2,1-3H3;1-2H3/t12?,13-,14+,17?,18?;/m1./s1. The number of anilines is 1. The highest BCUT2D eigenvalue weighted by Gasteiger charge is 2.76. The van der Waals surface area contributed by atoms with Crippen molar-refractivity contribution >= 4 is 17.5 Å². The molecule has 0 aromatic heterocycles. The number of methoxy groups -OCH3 is 1. The van der Waals surface area contributed by atoms with Crippen molar-refractivity contribution < 1.29 is 32.2 Å². The van der Waals surface area contributed by atoms with Crippen LogP contribution in [0.4, 0.5) is 18.9 Å². The number of hydrogen-bond donors (Lipinski definition) is 0. The van der Waals surface area contributed by atoms with E-state index in [1.807, 2.05) is 13.8 Å². The maximum atomic E-state index is 13.3. The summed E-state index contributed by atoms with van der Waals surface area (Å²) >= 11 is 0. The van der Waals surface area contributed by atoms with E-state index in [0.717, 1.165) is 11.0 Å². The third-order valence-electron chi connectivity index (χ3n) is 6.24. The number of fused-ring (bicyclic) bond motifs is 5. The summed E-state index contributed by atoms with van der Waals surface area (Å²) in [6.07, 6.45) is -4.78. The van der Waals surface area contributed by atoms with Gasteiger partial charge in [0.1, 0.15) is 5.60 Å². The number of nitriles is 1. The van der Waals surface area contributed by atoms with Gasteiger partial charge >= 0.3 is 6.18 Å². The number of halogens is 3. The van der Waals surface area contributed by atoms with Crippen LogP contribution in [0.1, 0.15) is 45.2 Å². The largest absolute Gasteiger partial charge is 0.417 e. The van der Waals surface area contributed by atoms with Gasteiger partial charge in [-0.25, -0.2) is 4.90 Å². The molecule has 0 aliphatic carbocycles. The Morgan fingerprint density at radius 3 is 2.33 bits per heavy atom. The Bertz CT molecular complexity index is 941. The summed E-state index contributed by atoms with van der Waals surface area (Å²) in [5.41, 5.74) is -3.92. The van der Waals surface area contributed by atoms with Gasteiger partial charge in [-0.2, -0.15) is 18.4 Å². The zero-order chi connectivity index (χ0) is 22.6. The minimum absolute atomic E-state index is 0.198. The van der Waals surface area contributed by atoms with E-state index in [1.165, 1.54) is 19.2 Å². The van der Waals surface area contributed by atoms with Crippen molar-refractivity contribution in [2.45, 2.75) is 57.6 Å². The van der Waals surface area contributed by atoms with Crippen molar-refractivity contribution in [3.05, 3.63) is 29.3 Å². The molecule has 3 saturated heterocycles. The van der Waals surface area contributed by atoms with Crippen molar-refractivity contribution in [1.82, 2.24) is 0 Å². The van der Waals surface area contributed by atoms with E-state index in [9.17, 15) is 22.8 Å². The predicted octanol–water partition coefficient (Wildman–Crippen LogP) is 3.68. The maximum absolute atomic E-state index is 13.3. The molecule has 0 spiro atoms. The summed E-state index contributed by atoms with van der Waals surface area (Å²) < 4.78 is 51.4. The van der Waals surface area contributed by atoms with E-state index >= 15 is 0 Å². The number of imide groups is 1. The smallest absolute Gasteiger partial charge is 0.378 e. The Hall–Kier alpha value is -2.44. The van der Waals surface area contributed by atoms with E-state index in [-0.39, 0.29) is 5.69 Å². The average Bonchev–Trinajstić information content (AvgIpc) is 3.23. The van der Waals surface area contributed by atoms with Gasteiger partial charge in [0.15, 0.2) is 0 Å². The van der Waals surface area contributed by atoms with Crippen LogP contribution in [0.25, 0.3) is 0 Å². The summed E-state index contributed by atoms with van der Waals surface area (Å²) in [7, 11) is 1.49. The van der Waals surface area contributed by atoms with Gasteiger partial charge in [0, 0.05) is 13.5 Å². The molecule has 3 aliphatic rings. The highest BCUT2D eigenvalue weighted by Crippen LogP contribution is 2.61. The van der Waals surface area contributed by atoms with Crippen molar-refractivity contribution in [1.29, 1.82) is 5.26 Å². The monoisotopic (exact) mass is 424 g/mol. The maximum Gasteiger partial charge on any atom is 0.417 e. The molecule has 3 fully saturated rings. The second-order valence-electron chi connectivity index (χ2n) is 7.83. The quantitative estimate of drug-likeness (QED) is 0.677. The molecular weight excluding hydrogens is 401 g/mol. The second-order valence-corrected chi connectivity index (χ2v) is 7.83. The molecule has 3 unspecified atom stereocenters. The minimum Gasteiger partial charge on any atom is -0.378 e. The van der Waals surface area contributed by atoms with Crippen LogP contribution in [0, 0.1) is 23.2 Å². The van der Waals surface area contributed by atoms with Crippen LogP contribution in [0.3, 0.4) is 0 Å². The van der Waals surface area contributed by atoms with Gasteiger partial charge in [0.25, 0.3) is 0 Å². The third kappa shape index (κ3) is 2.85. The lowest BCUT2D eigenvalue weighted by atomic mass is 9.67. The summed E-state index contributed by atoms with van der Waals surface area (Å²) in [6, 6.07) is 4.32. The molecule has 4 rings (SSSR count). The summed E-state index contributed by atoms with van der Waals surface area (Å²) in [5, 5.41) is 8.95. The van der Waals surface area contributed by atoms with Crippen LogP contribution < -0.4 is 4.90 Å². The molecule has 1 aromatic carbocycles. The summed E-state index contributed by atoms with van der Waals surface area (Å²) in [6.45, 7) is 7.43. The molecule has 0 radical (unpaired) electrons. The molecule has 2 bridgehead atoms. The fraction of sp³-hybridized carbons (Fsp3) is 0.571. The molecular formula is C21H23F3N2O4. The molecule has 0 saturated carbocycles. The van der Waals surface area contributed by atoms with Gasteiger partial charge in [-0.15, -0.1) is 0 Å². The van der Waals surface area contributed by atoms with Crippen molar-refractivity contribution in [2.24, 2.45) is 11.8 Å². The van der Waals surface area contributed by atoms with Crippen LogP contribution >= 0.6 is 0 Å². The fourth-order valence-corrected chi connectivity index (χ4v) is 5.07. The topological polar surface area (TPSA) is 79.6 Å². The Balaban J connectivity index is 0.00000124. The number of amides is 2. The number of hydrogen-bond acceptors (Lipinski definition) is 5. The first-order valence-corrected chi connectivity index (χ1v) is 9.70. The number of alkyl halides is 3. The van der Waals surface area contributed by atoms with Gasteiger partial charge in [-0.05, 0) is 32.0 Å². The zero-order valence-corrected chi connectivity index (χ0v) is 17.3. The van der Waals surface area contributed by atoms with Gasteiger partial charge in [-0.1, -0.05) is 13.8 Å². The van der Waals surface area contributed by atoms with Crippen LogP contribution in [0.2, 0.25) is 0 Å². The van der Waals surface area contributed by atoms with Gasteiger partial charge in [0.2, 0.25) is 11.8 Å². The molecule has 3 aliphatic heterocycles. The van der Waals surface area contributed by atoms with E-state index in [4.69, 9.17) is 14.7 Å². The summed E-state index contributed by atoms with van der Waals surface area (Å²) in [5.74, 6) is -2.83. The number of carbonyl (C=O) groups is 2. The molecule has 2 amide bonds. The molecule has 1 aromatic rings. The SMILES string of the molecule is CC.COC1CC2(C)OC1(C)[C@@H]1C(=O)N(c3ccc(C#N)c(C(F)(F)F)c3)C(=O)[C@@H]12. The van der Waals surface area contributed by atoms with Crippen LogP contribution in [0.15, 0.2) is 18.2 Å². The summed E-state index contributed by atoms with van der Waals surface area (Å²) in [4.78, 5) is 27.0. The molecule has 162 valence electrons. The van der Waals surface area contributed by atoms with E-state index in [2.05, 4.69) is 0 Å². The molecule has 3 heterocycles. The first-order valence-electron chi connectivity index (χ1n) is 9.70. The van der Waals surface area contributed by atoms with Gasteiger partial charge in [0.05, 0.1) is 46.4 Å². The molecule has 6 nitrogen and oxygen atoms in total. The number of nitrogens with zero attached hydrogens (tertiary/aromatic N) is 2. The first-order chi connectivity index (χ1) is 14.0. The Morgan fingerprint density at radius 2 is 1.80 bits per heavy atom. The lowest BCUT2D eigenvalue weighted by molar-refractivity contribution is -0.138. The molecule has 9 heteroatoms. The Morgan fingerprint density at radius 1 is 1.20 bits per heavy atom. The Kier molecular flexibility index (Phi) is 5.24.